The molecule has 2 aliphatic heterocycles. The molecule has 6 heteroatoms. The number of rotatable bonds is 3. The summed E-state index contributed by atoms with van der Waals surface area (Å²) >= 11 is 0. The van der Waals surface area contributed by atoms with Gasteiger partial charge in [0.1, 0.15) is 11.5 Å². The zero-order valence-electron chi connectivity index (χ0n) is 11.5. The highest BCUT2D eigenvalue weighted by Crippen LogP contribution is 2.37. The van der Waals surface area contributed by atoms with Crippen molar-refractivity contribution in [2.45, 2.75) is 37.9 Å². The molecule has 2 heterocycles. The van der Waals surface area contributed by atoms with Gasteiger partial charge >= 0.3 is 0 Å². The van der Waals surface area contributed by atoms with Crippen LogP contribution in [0.5, 0.6) is 0 Å². The Kier molecular flexibility index (Phi) is 3.14. The van der Waals surface area contributed by atoms with E-state index in [1.54, 1.807) is 0 Å². The quantitative estimate of drug-likeness (QED) is 0.551. The minimum atomic E-state index is -0.625. The number of hydrogen-bond acceptors (Lipinski definition) is 6. The van der Waals surface area contributed by atoms with E-state index in [0.717, 1.165) is 37.8 Å². The van der Waals surface area contributed by atoms with Crippen LogP contribution in [-0.2, 0) is 0 Å². The summed E-state index contributed by atoms with van der Waals surface area (Å²) in [6, 6.07) is 0.479. The molecule has 3 aliphatic rings. The van der Waals surface area contributed by atoms with Crippen molar-refractivity contribution in [2.75, 3.05) is 19.6 Å². The lowest BCUT2D eigenvalue weighted by Gasteiger charge is -2.38. The average Bonchev–Trinajstić information content (AvgIpc) is 3.11. The van der Waals surface area contributed by atoms with E-state index in [1.807, 2.05) is 0 Å². The number of nitrogens with two attached hydrogens (primary N) is 2. The predicted molar refractivity (Wildman–Crippen MR) is 76.1 cm³/mol. The van der Waals surface area contributed by atoms with Gasteiger partial charge in [-0.15, -0.1) is 0 Å². The fourth-order valence-corrected chi connectivity index (χ4v) is 2.90. The average molecular weight is 264 g/mol. The molecule has 1 saturated heterocycles. The van der Waals surface area contributed by atoms with Crippen LogP contribution >= 0.6 is 0 Å². The summed E-state index contributed by atoms with van der Waals surface area (Å²) in [4.78, 5) is 6.70. The molecule has 0 aromatic carbocycles. The Hall–Kier alpha value is -1.27. The maximum Gasteiger partial charge on any atom is 0.196 e. The lowest BCUT2D eigenvalue weighted by atomic mass is 10.0. The number of aliphatic imine (C=N–C) groups is 1. The van der Waals surface area contributed by atoms with Crippen molar-refractivity contribution in [3.05, 3.63) is 11.9 Å². The van der Waals surface area contributed by atoms with Crippen molar-refractivity contribution in [1.29, 1.82) is 0 Å². The number of nitrogens with one attached hydrogen (secondary N) is 2. The molecule has 106 valence electrons. The van der Waals surface area contributed by atoms with E-state index in [1.165, 1.54) is 12.8 Å². The lowest BCUT2D eigenvalue weighted by Crippen LogP contribution is -2.55. The topological polar surface area (TPSA) is 91.7 Å². The molecule has 19 heavy (non-hydrogen) atoms. The largest absolute Gasteiger partial charge is 0.370 e. The van der Waals surface area contributed by atoms with Gasteiger partial charge in [-0.05, 0) is 25.3 Å². The highest BCUT2D eigenvalue weighted by atomic mass is 15.3. The molecule has 2 fully saturated rings. The molecule has 3 rings (SSSR count). The summed E-state index contributed by atoms with van der Waals surface area (Å²) in [6.07, 6.45) is 5.51. The summed E-state index contributed by atoms with van der Waals surface area (Å²) in [7, 11) is 0. The SMILES string of the molecule is C[C@@H]1CN(C2=CC(N)(CC3CC3)N=C(N)N2)CCN1. The lowest BCUT2D eigenvalue weighted by molar-refractivity contribution is 0.242. The Morgan fingerprint density at radius 2 is 2.32 bits per heavy atom. The second-order valence-electron chi connectivity index (χ2n) is 6.09. The Bertz CT molecular complexity index is 413. The van der Waals surface area contributed by atoms with Crippen molar-refractivity contribution in [2.24, 2.45) is 22.4 Å². The van der Waals surface area contributed by atoms with Crippen LogP contribution in [0, 0.1) is 5.92 Å². The van der Waals surface area contributed by atoms with Crippen molar-refractivity contribution in [1.82, 2.24) is 15.5 Å². The molecule has 0 spiro atoms. The van der Waals surface area contributed by atoms with Gasteiger partial charge in [-0.25, -0.2) is 4.99 Å². The fourth-order valence-electron chi connectivity index (χ4n) is 2.90. The van der Waals surface area contributed by atoms with Crippen LogP contribution < -0.4 is 22.1 Å². The van der Waals surface area contributed by atoms with Crippen LogP contribution in [-0.4, -0.2) is 42.2 Å². The van der Waals surface area contributed by atoms with Crippen LogP contribution in [0.1, 0.15) is 26.2 Å². The first kappa shape index (κ1) is 12.7. The molecule has 6 N–H and O–H groups in total. The molecule has 0 aromatic heterocycles. The number of hydrogen-bond donors (Lipinski definition) is 4. The van der Waals surface area contributed by atoms with Gasteiger partial charge in [0.25, 0.3) is 0 Å². The van der Waals surface area contributed by atoms with Gasteiger partial charge in [0.2, 0.25) is 0 Å². The summed E-state index contributed by atoms with van der Waals surface area (Å²) in [5.41, 5.74) is 11.7. The van der Waals surface area contributed by atoms with Crippen molar-refractivity contribution in [3.8, 4) is 0 Å². The highest BCUT2D eigenvalue weighted by molar-refractivity contribution is 5.81. The van der Waals surface area contributed by atoms with E-state index < -0.39 is 5.66 Å². The van der Waals surface area contributed by atoms with Gasteiger partial charge in [0.05, 0.1) is 0 Å². The smallest absolute Gasteiger partial charge is 0.196 e. The third kappa shape index (κ3) is 3.01. The van der Waals surface area contributed by atoms with Crippen molar-refractivity contribution >= 4 is 5.96 Å². The van der Waals surface area contributed by atoms with Gasteiger partial charge in [-0.3, -0.25) is 0 Å². The summed E-state index contributed by atoms with van der Waals surface area (Å²) < 4.78 is 0. The van der Waals surface area contributed by atoms with E-state index in [-0.39, 0.29) is 0 Å². The Balaban J connectivity index is 1.76. The third-order valence-electron chi connectivity index (χ3n) is 3.99. The molecule has 6 nitrogen and oxygen atoms in total. The van der Waals surface area contributed by atoms with Crippen LogP contribution in [0.15, 0.2) is 16.9 Å². The molecule has 0 bridgehead atoms. The first-order valence-electron chi connectivity index (χ1n) is 7.16. The maximum atomic E-state index is 6.40. The highest BCUT2D eigenvalue weighted by Gasteiger charge is 2.35. The first-order valence-corrected chi connectivity index (χ1v) is 7.16. The summed E-state index contributed by atoms with van der Waals surface area (Å²) in [5, 5.41) is 6.60. The second-order valence-corrected chi connectivity index (χ2v) is 6.09. The van der Waals surface area contributed by atoms with E-state index in [9.17, 15) is 0 Å². The van der Waals surface area contributed by atoms with Gasteiger partial charge in [-0.2, -0.15) is 0 Å². The van der Waals surface area contributed by atoms with Crippen molar-refractivity contribution < 1.29 is 0 Å². The minimum Gasteiger partial charge on any atom is -0.370 e. The Morgan fingerprint density at radius 1 is 1.53 bits per heavy atom. The number of guanidine groups is 1. The van der Waals surface area contributed by atoms with Crippen LogP contribution in [0.25, 0.3) is 0 Å². The molecule has 0 radical (unpaired) electrons. The molecule has 1 saturated carbocycles. The molecular formula is C13H24N6. The zero-order valence-corrected chi connectivity index (χ0v) is 11.5. The standard InChI is InChI=1S/C13H24N6/c1-9-8-19(5-4-16-9)11-7-13(15,6-10-2-3-10)18-12(14)17-11/h7,9-10,16H,2-6,8,15H2,1H3,(H3,14,17,18)/t9-,13?/m1/s1. The maximum absolute atomic E-state index is 6.40. The summed E-state index contributed by atoms with van der Waals surface area (Å²) in [6.45, 7) is 5.10. The normalized spacial score (nSPS) is 35.5. The predicted octanol–water partition coefficient (Wildman–Crippen LogP) is -0.505. The zero-order chi connectivity index (χ0) is 13.5. The molecule has 1 unspecified atom stereocenters. The Labute approximate surface area is 114 Å². The molecule has 2 atom stereocenters. The number of piperazine rings is 1. The molecule has 0 amide bonds. The van der Waals surface area contributed by atoms with Crippen LogP contribution in [0.4, 0.5) is 0 Å². The minimum absolute atomic E-state index is 0.437. The van der Waals surface area contributed by atoms with Crippen LogP contribution in [0.2, 0.25) is 0 Å². The Morgan fingerprint density at radius 3 is 3.00 bits per heavy atom. The van der Waals surface area contributed by atoms with Gasteiger partial charge in [0, 0.05) is 25.7 Å². The van der Waals surface area contributed by atoms with Gasteiger partial charge < -0.3 is 27.0 Å². The van der Waals surface area contributed by atoms with Gasteiger partial charge in [-0.1, -0.05) is 12.8 Å². The van der Waals surface area contributed by atoms with Gasteiger partial charge in [0.15, 0.2) is 5.96 Å². The third-order valence-corrected chi connectivity index (χ3v) is 3.99. The first-order chi connectivity index (χ1) is 9.04. The molecular weight excluding hydrogens is 240 g/mol. The van der Waals surface area contributed by atoms with E-state index in [2.05, 4.69) is 33.5 Å². The van der Waals surface area contributed by atoms with Crippen molar-refractivity contribution in [3.63, 3.8) is 0 Å². The van der Waals surface area contributed by atoms with E-state index in [4.69, 9.17) is 11.5 Å². The van der Waals surface area contributed by atoms with E-state index in [0.29, 0.717) is 12.0 Å². The second kappa shape index (κ2) is 4.68. The monoisotopic (exact) mass is 264 g/mol. The fraction of sp³-hybridized carbons (Fsp3) is 0.769. The summed E-state index contributed by atoms with van der Waals surface area (Å²) in [5.74, 6) is 2.18. The molecule has 0 aromatic rings. The number of nitrogens with zero attached hydrogens (tertiary/aromatic N) is 2. The van der Waals surface area contributed by atoms with Crippen LogP contribution in [0.3, 0.4) is 0 Å². The van der Waals surface area contributed by atoms with E-state index >= 15 is 0 Å². The molecule has 1 aliphatic carbocycles.